The number of piperidine rings is 1. The van der Waals surface area contributed by atoms with Gasteiger partial charge in [0.1, 0.15) is 0 Å². The zero-order chi connectivity index (χ0) is 18.7. The lowest BCUT2D eigenvalue weighted by Gasteiger charge is -2.41. The third kappa shape index (κ3) is 3.57. The minimum atomic E-state index is -0.154. The number of carbonyl (C=O) groups is 1. The van der Waals surface area contributed by atoms with Crippen LogP contribution in [0, 0.1) is 0 Å². The topological polar surface area (TPSA) is 58.1 Å². The number of anilines is 2. The summed E-state index contributed by atoms with van der Waals surface area (Å²) in [5.41, 5.74) is 3.12. The van der Waals surface area contributed by atoms with Gasteiger partial charge in [-0.2, -0.15) is 0 Å². The summed E-state index contributed by atoms with van der Waals surface area (Å²) < 4.78 is 0. The van der Waals surface area contributed by atoms with Gasteiger partial charge in [0.05, 0.1) is 17.6 Å². The molecule has 5 nitrogen and oxygen atoms in total. The van der Waals surface area contributed by atoms with Crippen molar-refractivity contribution < 1.29 is 4.79 Å². The number of benzene rings is 1. The summed E-state index contributed by atoms with van der Waals surface area (Å²) in [5, 5.41) is 6.35. The summed E-state index contributed by atoms with van der Waals surface area (Å²) in [6.07, 6.45) is 5.31. The highest BCUT2D eigenvalue weighted by Crippen LogP contribution is 2.42. The maximum Gasteiger partial charge on any atom is 0.219 e. The number of pyridine rings is 1. The second kappa shape index (κ2) is 7.48. The average molecular weight is 379 g/mol. The molecule has 0 radical (unpaired) electrons. The van der Waals surface area contributed by atoms with Gasteiger partial charge in [-0.15, -0.1) is 11.3 Å². The lowest BCUT2D eigenvalue weighted by molar-refractivity contribution is -0.130. The van der Waals surface area contributed by atoms with Crippen LogP contribution in [0.2, 0.25) is 0 Å². The number of nitrogens with one attached hydrogen (secondary N) is 1. The zero-order valence-corrected chi connectivity index (χ0v) is 16.1. The number of nitrogens with zero attached hydrogens (tertiary/aromatic N) is 3. The molecule has 27 heavy (non-hydrogen) atoms. The van der Waals surface area contributed by atoms with Gasteiger partial charge in [-0.1, -0.05) is 30.3 Å². The summed E-state index contributed by atoms with van der Waals surface area (Å²) >= 11 is 1.61. The van der Waals surface area contributed by atoms with E-state index in [-0.39, 0.29) is 11.3 Å². The number of hydrogen-bond donors (Lipinski definition) is 1. The van der Waals surface area contributed by atoms with Crippen molar-refractivity contribution in [3.05, 3.63) is 71.5 Å². The Hall–Kier alpha value is -2.73. The number of aromatic nitrogens is 2. The normalized spacial score (nSPS) is 16.1. The van der Waals surface area contributed by atoms with Gasteiger partial charge in [0.25, 0.3) is 0 Å². The van der Waals surface area contributed by atoms with Crippen LogP contribution in [0.4, 0.5) is 10.8 Å². The molecule has 138 valence electrons. The quantitative estimate of drug-likeness (QED) is 0.739. The second-order valence-electron chi connectivity index (χ2n) is 6.86. The summed E-state index contributed by atoms with van der Waals surface area (Å²) in [7, 11) is 0. The van der Waals surface area contributed by atoms with E-state index in [4.69, 9.17) is 4.98 Å². The first-order valence-corrected chi connectivity index (χ1v) is 9.99. The minimum Gasteiger partial charge on any atom is -0.343 e. The van der Waals surface area contributed by atoms with Crippen LogP contribution in [0.3, 0.4) is 0 Å². The van der Waals surface area contributed by atoms with Crippen molar-refractivity contribution >= 4 is 28.1 Å². The first-order valence-electron chi connectivity index (χ1n) is 9.11. The third-order valence-electron chi connectivity index (χ3n) is 5.30. The zero-order valence-electron chi connectivity index (χ0n) is 15.3. The Kier molecular flexibility index (Phi) is 4.90. The third-order valence-corrected chi connectivity index (χ3v) is 6.05. The van der Waals surface area contributed by atoms with Crippen LogP contribution >= 0.6 is 11.3 Å². The molecule has 0 atom stereocenters. The van der Waals surface area contributed by atoms with E-state index in [1.807, 2.05) is 23.1 Å². The van der Waals surface area contributed by atoms with Crippen molar-refractivity contribution in [2.45, 2.75) is 25.2 Å². The fourth-order valence-corrected chi connectivity index (χ4v) is 4.59. The SMILES string of the molecule is CC(=O)N1CCC(c2ccccc2)(c2csc(Nc3cccnc3)n2)CC1. The molecule has 4 rings (SSSR count). The Morgan fingerprint density at radius 2 is 1.93 bits per heavy atom. The second-order valence-corrected chi connectivity index (χ2v) is 7.72. The number of carbonyl (C=O) groups excluding carboxylic acids is 1. The Balaban J connectivity index is 1.65. The van der Waals surface area contributed by atoms with Crippen LogP contribution in [0.25, 0.3) is 0 Å². The molecule has 2 aromatic heterocycles. The van der Waals surface area contributed by atoms with E-state index >= 15 is 0 Å². The fourth-order valence-electron chi connectivity index (χ4n) is 3.76. The van der Waals surface area contributed by atoms with E-state index in [0.717, 1.165) is 42.4 Å². The summed E-state index contributed by atoms with van der Waals surface area (Å²) in [4.78, 5) is 22.8. The molecular formula is C21H22N4OS. The van der Waals surface area contributed by atoms with Gasteiger partial charge in [-0.3, -0.25) is 9.78 Å². The highest BCUT2D eigenvalue weighted by atomic mass is 32.1. The van der Waals surface area contributed by atoms with E-state index in [0.29, 0.717) is 0 Å². The molecule has 0 saturated carbocycles. The maximum absolute atomic E-state index is 11.8. The Bertz CT molecular complexity index is 902. The molecule has 3 heterocycles. The largest absolute Gasteiger partial charge is 0.343 e. The molecule has 0 unspecified atom stereocenters. The van der Waals surface area contributed by atoms with E-state index in [9.17, 15) is 4.79 Å². The average Bonchev–Trinajstić information content (AvgIpc) is 3.18. The van der Waals surface area contributed by atoms with Crippen LogP contribution < -0.4 is 5.32 Å². The predicted molar refractivity (Wildman–Crippen MR) is 108 cm³/mol. The first kappa shape index (κ1) is 17.7. The van der Waals surface area contributed by atoms with Crippen molar-refractivity contribution in [2.24, 2.45) is 0 Å². The van der Waals surface area contributed by atoms with Crippen LogP contribution in [-0.2, 0) is 10.2 Å². The number of rotatable bonds is 4. The molecule has 1 saturated heterocycles. The molecule has 0 spiro atoms. The molecular weight excluding hydrogens is 356 g/mol. The summed E-state index contributed by atoms with van der Waals surface area (Å²) in [6.45, 7) is 3.16. The Labute approximate surface area is 163 Å². The lowest BCUT2D eigenvalue weighted by Crippen LogP contribution is -2.45. The van der Waals surface area contributed by atoms with Gasteiger partial charge < -0.3 is 10.2 Å². The lowest BCUT2D eigenvalue weighted by atomic mass is 9.70. The van der Waals surface area contributed by atoms with E-state index < -0.39 is 0 Å². The number of hydrogen-bond acceptors (Lipinski definition) is 5. The Morgan fingerprint density at radius 1 is 1.15 bits per heavy atom. The number of amides is 1. The predicted octanol–water partition coefficient (Wildman–Crippen LogP) is 4.21. The molecule has 1 amide bonds. The van der Waals surface area contributed by atoms with Gasteiger partial charge in [0, 0.05) is 37.0 Å². The van der Waals surface area contributed by atoms with Gasteiger partial charge in [-0.05, 0) is 30.5 Å². The number of likely N-dealkylation sites (tertiary alicyclic amines) is 1. The van der Waals surface area contributed by atoms with E-state index in [1.54, 1.807) is 30.7 Å². The molecule has 6 heteroatoms. The fraction of sp³-hybridized carbons (Fsp3) is 0.286. The van der Waals surface area contributed by atoms with Crippen LogP contribution in [-0.4, -0.2) is 33.9 Å². The van der Waals surface area contributed by atoms with Gasteiger partial charge in [0.15, 0.2) is 5.13 Å². The van der Waals surface area contributed by atoms with Gasteiger partial charge >= 0.3 is 0 Å². The molecule has 1 fully saturated rings. The van der Waals surface area contributed by atoms with Crippen molar-refractivity contribution in [1.82, 2.24) is 14.9 Å². The van der Waals surface area contributed by atoms with Crippen molar-refractivity contribution in [3.8, 4) is 0 Å². The summed E-state index contributed by atoms with van der Waals surface area (Å²) in [6, 6.07) is 14.4. The Morgan fingerprint density at radius 3 is 2.59 bits per heavy atom. The van der Waals surface area contributed by atoms with Crippen molar-refractivity contribution in [2.75, 3.05) is 18.4 Å². The standard InChI is InChI=1S/C21H22N4OS/c1-16(26)25-12-9-21(10-13-25,17-6-3-2-4-7-17)19-15-27-20(24-19)23-18-8-5-11-22-14-18/h2-8,11,14-15H,9-10,12-13H2,1H3,(H,23,24). The number of thiazole rings is 1. The van der Waals surface area contributed by atoms with Crippen LogP contribution in [0.15, 0.2) is 60.2 Å². The van der Waals surface area contributed by atoms with Gasteiger partial charge in [-0.25, -0.2) is 4.98 Å². The smallest absolute Gasteiger partial charge is 0.219 e. The molecule has 1 aliphatic heterocycles. The molecule has 1 aromatic carbocycles. The van der Waals surface area contributed by atoms with E-state index in [1.165, 1.54) is 5.56 Å². The molecule has 0 aliphatic carbocycles. The van der Waals surface area contributed by atoms with E-state index in [2.05, 4.69) is 39.9 Å². The highest BCUT2D eigenvalue weighted by Gasteiger charge is 2.40. The van der Waals surface area contributed by atoms with Crippen LogP contribution in [0.5, 0.6) is 0 Å². The highest BCUT2D eigenvalue weighted by molar-refractivity contribution is 7.13. The molecule has 3 aromatic rings. The molecule has 0 bridgehead atoms. The van der Waals surface area contributed by atoms with Crippen molar-refractivity contribution in [3.63, 3.8) is 0 Å². The first-order chi connectivity index (χ1) is 13.2. The van der Waals surface area contributed by atoms with Gasteiger partial charge in [0.2, 0.25) is 5.91 Å². The summed E-state index contributed by atoms with van der Waals surface area (Å²) in [5.74, 6) is 0.147. The molecule has 1 aliphatic rings. The minimum absolute atomic E-state index is 0.147. The van der Waals surface area contributed by atoms with Crippen molar-refractivity contribution in [1.29, 1.82) is 0 Å². The monoisotopic (exact) mass is 378 g/mol. The maximum atomic E-state index is 11.8. The van der Waals surface area contributed by atoms with Crippen LogP contribution in [0.1, 0.15) is 31.0 Å². The molecule has 1 N–H and O–H groups in total.